The third-order valence-electron chi connectivity index (χ3n) is 2.69. The minimum Gasteiger partial charge on any atom is -0.309 e. The van der Waals surface area contributed by atoms with Crippen molar-refractivity contribution in [2.24, 2.45) is 0 Å². The van der Waals surface area contributed by atoms with Crippen molar-refractivity contribution in [2.45, 2.75) is 39.3 Å². The molecule has 0 saturated heterocycles. The van der Waals surface area contributed by atoms with E-state index in [0.29, 0.717) is 24.6 Å². The monoisotopic (exact) mass is 219 g/mol. The maximum atomic E-state index is 13.3. The number of hydrogen-bond donors (Lipinski definition) is 1. The van der Waals surface area contributed by atoms with Gasteiger partial charge in [-0.25, -0.2) is 4.39 Å². The van der Waals surface area contributed by atoms with Gasteiger partial charge in [-0.1, -0.05) is 19.1 Å². The summed E-state index contributed by atoms with van der Waals surface area (Å²) in [5.74, 6) is 2.49. The SMILES string of the molecule is C#CCC(CC)NCc1ccc(C)c(F)c1. The molecule has 0 radical (unpaired) electrons. The van der Waals surface area contributed by atoms with Gasteiger partial charge in [-0.15, -0.1) is 12.3 Å². The Hall–Kier alpha value is -1.33. The maximum absolute atomic E-state index is 13.3. The lowest BCUT2D eigenvalue weighted by atomic mass is 10.1. The van der Waals surface area contributed by atoms with E-state index in [2.05, 4.69) is 18.2 Å². The molecule has 0 heterocycles. The summed E-state index contributed by atoms with van der Waals surface area (Å²) < 4.78 is 13.3. The van der Waals surface area contributed by atoms with Crippen LogP contribution in [0.4, 0.5) is 4.39 Å². The molecule has 0 aromatic heterocycles. The lowest BCUT2D eigenvalue weighted by molar-refractivity contribution is 0.505. The number of hydrogen-bond acceptors (Lipinski definition) is 1. The van der Waals surface area contributed by atoms with Crippen LogP contribution in [0.5, 0.6) is 0 Å². The molecule has 86 valence electrons. The molecule has 0 spiro atoms. The van der Waals surface area contributed by atoms with Crippen LogP contribution in [0.1, 0.15) is 30.9 Å². The Labute approximate surface area is 97.1 Å². The lowest BCUT2D eigenvalue weighted by Crippen LogP contribution is -2.27. The van der Waals surface area contributed by atoms with E-state index < -0.39 is 0 Å². The first-order valence-corrected chi connectivity index (χ1v) is 5.59. The summed E-state index contributed by atoms with van der Waals surface area (Å²) in [5.41, 5.74) is 1.64. The Morgan fingerprint density at radius 1 is 1.50 bits per heavy atom. The summed E-state index contributed by atoms with van der Waals surface area (Å²) in [6.45, 7) is 4.52. The highest BCUT2D eigenvalue weighted by atomic mass is 19.1. The van der Waals surface area contributed by atoms with E-state index in [9.17, 15) is 4.39 Å². The molecule has 1 nitrogen and oxygen atoms in total. The first-order chi connectivity index (χ1) is 7.67. The van der Waals surface area contributed by atoms with Crippen molar-refractivity contribution in [3.8, 4) is 12.3 Å². The normalized spacial score (nSPS) is 12.1. The lowest BCUT2D eigenvalue weighted by Gasteiger charge is -2.14. The summed E-state index contributed by atoms with van der Waals surface area (Å²) in [6, 6.07) is 5.63. The van der Waals surface area contributed by atoms with Gasteiger partial charge in [0.05, 0.1) is 0 Å². The molecule has 1 unspecified atom stereocenters. The fourth-order valence-electron chi connectivity index (χ4n) is 1.51. The fourth-order valence-corrected chi connectivity index (χ4v) is 1.51. The second kappa shape index (κ2) is 6.30. The van der Waals surface area contributed by atoms with E-state index in [1.165, 1.54) is 0 Å². The first kappa shape index (κ1) is 12.7. The molecule has 1 aromatic rings. The Balaban J connectivity index is 2.54. The van der Waals surface area contributed by atoms with Crippen LogP contribution in [0.15, 0.2) is 18.2 Å². The quantitative estimate of drug-likeness (QED) is 0.751. The Kier molecular flexibility index (Phi) is 5.01. The van der Waals surface area contributed by atoms with Gasteiger partial charge in [0.1, 0.15) is 5.82 Å². The van der Waals surface area contributed by atoms with Gasteiger partial charge in [0.15, 0.2) is 0 Å². The van der Waals surface area contributed by atoms with Crippen LogP contribution >= 0.6 is 0 Å². The van der Waals surface area contributed by atoms with E-state index in [-0.39, 0.29) is 5.82 Å². The second-order valence-electron chi connectivity index (χ2n) is 3.98. The molecular weight excluding hydrogens is 201 g/mol. The van der Waals surface area contributed by atoms with E-state index in [1.54, 1.807) is 19.1 Å². The van der Waals surface area contributed by atoms with Crippen molar-refractivity contribution >= 4 is 0 Å². The molecule has 1 atom stereocenters. The fraction of sp³-hybridized carbons (Fsp3) is 0.429. The van der Waals surface area contributed by atoms with Gasteiger partial charge < -0.3 is 5.32 Å². The van der Waals surface area contributed by atoms with Crippen LogP contribution in [-0.2, 0) is 6.54 Å². The van der Waals surface area contributed by atoms with Crippen molar-refractivity contribution in [1.82, 2.24) is 5.32 Å². The van der Waals surface area contributed by atoms with Crippen molar-refractivity contribution in [1.29, 1.82) is 0 Å². The number of nitrogens with one attached hydrogen (secondary N) is 1. The molecule has 0 amide bonds. The zero-order valence-electron chi connectivity index (χ0n) is 9.89. The molecule has 0 aliphatic rings. The Morgan fingerprint density at radius 3 is 2.81 bits per heavy atom. The summed E-state index contributed by atoms with van der Waals surface area (Å²) in [7, 11) is 0. The van der Waals surface area contributed by atoms with Gasteiger partial charge in [-0.05, 0) is 30.5 Å². The number of terminal acetylenes is 1. The molecule has 0 saturated carbocycles. The minimum atomic E-state index is -0.149. The van der Waals surface area contributed by atoms with E-state index in [0.717, 1.165) is 12.0 Å². The van der Waals surface area contributed by atoms with Crippen LogP contribution in [-0.4, -0.2) is 6.04 Å². The zero-order valence-corrected chi connectivity index (χ0v) is 9.89. The summed E-state index contributed by atoms with van der Waals surface area (Å²) in [4.78, 5) is 0. The minimum absolute atomic E-state index is 0.149. The van der Waals surface area contributed by atoms with E-state index in [4.69, 9.17) is 6.42 Å². The molecule has 1 N–H and O–H groups in total. The van der Waals surface area contributed by atoms with Crippen molar-refractivity contribution < 1.29 is 4.39 Å². The summed E-state index contributed by atoms with van der Waals surface area (Å²) in [6.07, 6.45) is 6.97. The molecular formula is C14H18FN. The maximum Gasteiger partial charge on any atom is 0.126 e. The first-order valence-electron chi connectivity index (χ1n) is 5.59. The smallest absolute Gasteiger partial charge is 0.126 e. The van der Waals surface area contributed by atoms with Gasteiger partial charge in [0.25, 0.3) is 0 Å². The standard InChI is InChI=1S/C14H18FN/c1-4-6-13(5-2)16-10-12-8-7-11(3)14(15)9-12/h1,7-9,13,16H,5-6,10H2,2-3H3. The van der Waals surface area contributed by atoms with Crippen molar-refractivity contribution in [2.75, 3.05) is 0 Å². The number of aryl methyl sites for hydroxylation is 1. The van der Waals surface area contributed by atoms with Gasteiger partial charge >= 0.3 is 0 Å². The van der Waals surface area contributed by atoms with Gasteiger partial charge in [-0.3, -0.25) is 0 Å². The average molecular weight is 219 g/mol. The van der Waals surface area contributed by atoms with Crippen LogP contribution in [0.2, 0.25) is 0 Å². The highest BCUT2D eigenvalue weighted by Crippen LogP contribution is 2.09. The molecule has 1 aromatic carbocycles. The Morgan fingerprint density at radius 2 is 2.25 bits per heavy atom. The molecule has 2 heteroatoms. The highest BCUT2D eigenvalue weighted by Gasteiger charge is 2.04. The van der Waals surface area contributed by atoms with Gasteiger partial charge in [-0.2, -0.15) is 0 Å². The largest absolute Gasteiger partial charge is 0.309 e. The van der Waals surface area contributed by atoms with Crippen LogP contribution < -0.4 is 5.32 Å². The summed E-state index contributed by atoms with van der Waals surface area (Å²) in [5, 5.41) is 3.32. The third kappa shape index (κ3) is 3.67. The molecule has 16 heavy (non-hydrogen) atoms. The molecule has 0 aliphatic carbocycles. The highest BCUT2D eigenvalue weighted by molar-refractivity contribution is 5.23. The Bertz CT molecular complexity index is 379. The topological polar surface area (TPSA) is 12.0 Å². The zero-order chi connectivity index (χ0) is 12.0. The molecule has 0 aliphatic heterocycles. The number of rotatable bonds is 5. The molecule has 0 bridgehead atoms. The van der Waals surface area contributed by atoms with Gasteiger partial charge in [0, 0.05) is 19.0 Å². The number of halogens is 1. The predicted octanol–water partition coefficient (Wildman–Crippen LogP) is 3.03. The van der Waals surface area contributed by atoms with Crippen molar-refractivity contribution in [3.05, 3.63) is 35.1 Å². The van der Waals surface area contributed by atoms with E-state index in [1.807, 2.05) is 6.07 Å². The average Bonchev–Trinajstić information content (AvgIpc) is 2.28. The van der Waals surface area contributed by atoms with Crippen LogP contribution in [0, 0.1) is 25.1 Å². The summed E-state index contributed by atoms with van der Waals surface area (Å²) >= 11 is 0. The van der Waals surface area contributed by atoms with Gasteiger partial charge in [0.2, 0.25) is 0 Å². The van der Waals surface area contributed by atoms with Crippen LogP contribution in [0.3, 0.4) is 0 Å². The molecule has 1 rings (SSSR count). The second-order valence-corrected chi connectivity index (χ2v) is 3.98. The molecule has 0 fully saturated rings. The van der Waals surface area contributed by atoms with Crippen molar-refractivity contribution in [3.63, 3.8) is 0 Å². The predicted molar refractivity (Wildman–Crippen MR) is 65.5 cm³/mol. The third-order valence-corrected chi connectivity index (χ3v) is 2.69. The van der Waals surface area contributed by atoms with Crippen LogP contribution in [0.25, 0.3) is 0 Å². The van der Waals surface area contributed by atoms with E-state index >= 15 is 0 Å². The number of benzene rings is 1.